The van der Waals surface area contributed by atoms with Gasteiger partial charge in [-0.15, -0.1) is 0 Å². The van der Waals surface area contributed by atoms with Crippen molar-refractivity contribution < 1.29 is 8.78 Å². The molecule has 0 radical (unpaired) electrons. The van der Waals surface area contributed by atoms with Gasteiger partial charge < -0.3 is 5.32 Å². The quantitative estimate of drug-likeness (QED) is 0.787. The van der Waals surface area contributed by atoms with Gasteiger partial charge in [0.05, 0.1) is 5.02 Å². The zero-order chi connectivity index (χ0) is 14.7. The van der Waals surface area contributed by atoms with Crippen LogP contribution in [0.25, 0.3) is 0 Å². The largest absolute Gasteiger partial charge is 0.306 e. The minimum absolute atomic E-state index is 0.0885. The lowest BCUT2D eigenvalue weighted by Gasteiger charge is -2.15. The molecule has 0 aliphatic rings. The van der Waals surface area contributed by atoms with E-state index in [1.165, 1.54) is 12.1 Å². The van der Waals surface area contributed by atoms with Crippen LogP contribution in [0.1, 0.15) is 24.1 Å². The van der Waals surface area contributed by atoms with Crippen LogP contribution in [-0.4, -0.2) is 0 Å². The Hall–Kier alpha value is -0.970. The molecule has 1 unspecified atom stereocenters. The molecule has 1 atom stereocenters. The van der Waals surface area contributed by atoms with E-state index in [0.29, 0.717) is 12.1 Å². The van der Waals surface area contributed by atoms with Crippen molar-refractivity contribution in [2.45, 2.75) is 19.5 Å². The van der Waals surface area contributed by atoms with E-state index in [0.717, 1.165) is 10.0 Å². The minimum atomic E-state index is -0.443. The van der Waals surface area contributed by atoms with Gasteiger partial charge in [-0.05, 0) is 42.8 Å². The monoisotopic (exact) mass is 359 g/mol. The van der Waals surface area contributed by atoms with Crippen LogP contribution >= 0.6 is 27.5 Å². The second-order valence-corrected chi connectivity index (χ2v) is 5.84. The van der Waals surface area contributed by atoms with Crippen molar-refractivity contribution in [1.82, 2.24) is 5.32 Å². The average Bonchev–Trinajstić information content (AvgIpc) is 2.42. The number of benzene rings is 2. The Morgan fingerprint density at radius 1 is 1.15 bits per heavy atom. The van der Waals surface area contributed by atoms with Crippen molar-refractivity contribution in [3.05, 3.63) is 68.7 Å². The highest BCUT2D eigenvalue weighted by atomic mass is 79.9. The predicted molar refractivity (Wildman–Crippen MR) is 80.8 cm³/mol. The fourth-order valence-corrected chi connectivity index (χ4v) is 2.46. The van der Waals surface area contributed by atoms with Gasteiger partial charge in [-0.25, -0.2) is 8.78 Å². The van der Waals surface area contributed by atoms with Gasteiger partial charge in [-0.3, -0.25) is 0 Å². The molecular formula is C15H13BrClF2N. The van der Waals surface area contributed by atoms with Crippen LogP contribution in [0, 0.1) is 11.6 Å². The Labute approximate surface area is 130 Å². The number of nitrogens with one attached hydrogen (secondary N) is 1. The molecule has 1 nitrogen and oxygen atoms in total. The SMILES string of the molecule is CC(NCc1ccc(F)c(Cl)c1)c1cc(Br)ccc1F. The first-order valence-corrected chi connectivity index (χ1v) is 7.26. The van der Waals surface area contributed by atoms with Crippen LogP contribution in [0.4, 0.5) is 8.78 Å². The van der Waals surface area contributed by atoms with E-state index in [2.05, 4.69) is 21.2 Å². The number of hydrogen-bond acceptors (Lipinski definition) is 1. The second-order valence-electron chi connectivity index (χ2n) is 4.52. The third-order valence-corrected chi connectivity index (χ3v) is 3.80. The van der Waals surface area contributed by atoms with Crippen molar-refractivity contribution in [2.75, 3.05) is 0 Å². The van der Waals surface area contributed by atoms with Crippen LogP contribution in [0.2, 0.25) is 5.02 Å². The number of rotatable bonds is 4. The molecule has 2 aromatic rings. The third-order valence-electron chi connectivity index (χ3n) is 3.02. The van der Waals surface area contributed by atoms with Gasteiger partial charge in [0.15, 0.2) is 0 Å². The van der Waals surface area contributed by atoms with Gasteiger partial charge >= 0.3 is 0 Å². The molecule has 0 amide bonds. The number of halogens is 4. The highest BCUT2D eigenvalue weighted by molar-refractivity contribution is 9.10. The van der Waals surface area contributed by atoms with Gasteiger partial charge in [0, 0.05) is 22.6 Å². The lowest BCUT2D eigenvalue weighted by atomic mass is 10.1. The van der Waals surface area contributed by atoms with E-state index in [-0.39, 0.29) is 16.9 Å². The summed E-state index contributed by atoms with van der Waals surface area (Å²) in [6.07, 6.45) is 0. The third kappa shape index (κ3) is 3.78. The molecule has 0 spiro atoms. The lowest BCUT2D eigenvalue weighted by Crippen LogP contribution is -2.19. The van der Waals surface area contributed by atoms with Crippen molar-refractivity contribution in [2.24, 2.45) is 0 Å². The molecule has 0 aliphatic heterocycles. The van der Waals surface area contributed by atoms with Crippen molar-refractivity contribution in [3.63, 3.8) is 0 Å². The smallest absolute Gasteiger partial charge is 0.141 e. The molecule has 0 saturated heterocycles. The van der Waals surface area contributed by atoms with Crippen molar-refractivity contribution >= 4 is 27.5 Å². The molecule has 1 N–H and O–H groups in total. The molecule has 2 rings (SSSR count). The first-order valence-electron chi connectivity index (χ1n) is 6.09. The second kappa shape index (κ2) is 6.66. The maximum absolute atomic E-state index is 13.7. The standard InChI is InChI=1S/C15H13BrClF2N/c1-9(12-7-11(16)3-5-14(12)18)20-8-10-2-4-15(19)13(17)6-10/h2-7,9,20H,8H2,1H3. The molecule has 20 heavy (non-hydrogen) atoms. The van der Waals surface area contributed by atoms with Crippen LogP contribution in [0.15, 0.2) is 40.9 Å². The molecule has 0 saturated carbocycles. The fourth-order valence-electron chi connectivity index (χ4n) is 1.88. The topological polar surface area (TPSA) is 12.0 Å². The molecule has 5 heteroatoms. The van der Waals surface area contributed by atoms with Gasteiger partial charge in [0.2, 0.25) is 0 Å². The maximum atomic E-state index is 13.7. The molecule has 0 aliphatic carbocycles. The summed E-state index contributed by atoms with van der Waals surface area (Å²) in [4.78, 5) is 0. The van der Waals surface area contributed by atoms with E-state index in [9.17, 15) is 8.78 Å². The highest BCUT2D eigenvalue weighted by Crippen LogP contribution is 2.22. The zero-order valence-corrected chi connectivity index (χ0v) is 13.1. The Balaban J connectivity index is 2.06. The van der Waals surface area contributed by atoms with Crippen LogP contribution in [-0.2, 0) is 6.54 Å². The molecule has 0 heterocycles. The van der Waals surface area contributed by atoms with Crippen molar-refractivity contribution in [3.8, 4) is 0 Å². The Morgan fingerprint density at radius 3 is 2.55 bits per heavy atom. The van der Waals surface area contributed by atoms with E-state index in [4.69, 9.17) is 11.6 Å². The summed E-state index contributed by atoms with van der Waals surface area (Å²) in [5.74, 6) is -0.702. The van der Waals surface area contributed by atoms with Crippen molar-refractivity contribution in [1.29, 1.82) is 0 Å². The normalized spacial score (nSPS) is 12.4. The summed E-state index contributed by atoms with van der Waals surface area (Å²) < 4.78 is 27.6. The fraction of sp³-hybridized carbons (Fsp3) is 0.200. The van der Waals surface area contributed by atoms with E-state index in [1.807, 2.05) is 6.92 Å². The van der Waals surface area contributed by atoms with E-state index < -0.39 is 5.82 Å². The minimum Gasteiger partial charge on any atom is -0.306 e. The molecule has 2 aromatic carbocycles. The highest BCUT2D eigenvalue weighted by Gasteiger charge is 2.11. The number of hydrogen-bond donors (Lipinski definition) is 1. The molecular weight excluding hydrogens is 348 g/mol. The van der Waals surface area contributed by atoms with E-state index >= 15 is 0 Å². The van der Waals surface area contributed by atoms with Gasteiger partial charge in [-0.1, -0.05) is 33.6 Å². The van der Waals surface area contributed by atoms with Crippen LogP contribution in [0.3, 0.4) is 0 Å². The summed E-state index contributed by atoms with van der Waals surface area (Å²) in [7, 11) is 0. The van der Waals surface area contributed by atoms with Gasteiger partial charge in [0.1, 0.15) is 11.6 Å². The Morgan fingerprint density at radius 2 is 1.85 bits per heavy atom. The Bertz CT molecular complexity index is 619. The average molecular weight is 361 g/mol. The summed E-state index contributed by atoms with van der Waals surface area (Å²) >= 11 is 9.05. The Kier molecular flexibility index (Phi) is 5.13. The van der Waals surface area contributed by atoms with Crippen LogP contribution < -0.4 is 5.32 Å². The van der Waals surface area contributed by atoms with E-state index in [1.54, 1.807) is 24.3 Å². The first-order chi connectivity index (χ1) is 9.47. The van der Waals surface area contributed by atoms with Gasteiger partial charge in [0.25, 0.3) is 0 Å². The molecule has 0 aromatic heterocycles. The maximum Gasteiger partial charge on any atom is 0.141 e. The zero-order valence-electron chi connectivity index (χ0n) is 10.8. The molecule has 0 fully saturated rings. The molecule has 0 bridgehead atoms. The van der Waals surface area contributed by atoms with Gasteiger partial charge in [-0.2, -0.15) is 0 Å². The summed E-state index contributed by atoms with van der Waals surface area (Å²) in [6.45, 7) is 2.35. The summed E-state index contributed by atoms with van der Waals surface area (Å²) in [5, 5.41) is 3.28. The predicted octanol–water partition coefficient (Wildman–Crippen LogP) is 5.23. The van der Waals surface area contributed by atoms with Crippen LogP contribution in [0.5, 0.6) is 0 Å². The summed E-state index contributed by atoms with van der Waals surface area (Å²) in [6, 6.07) is 9.19. The molecule has 106 valence electrons. The first kappa shape index (κ1) is 15.4. The summed E-state index contributed by atoms with van der Waals surface area (Å²) in [5.41, 5.74) is 1.42. The lowest BCUT2D eigenvalue weighted by molar-refractivity contribution is 0.527.